The highest BCUT2D eigenvalue weighted by atomic mass is 16.3. The van der Waals surface area contributed by atoms with Crippen LogP contribution in [0.5, 0.6) is 0 Å². The van der Waals surface area contributed by atoms with E-state index in [0.29, 0.717) is 0 Å². The lowest BCUT2D eigenvalue weighted by molar-refractivity contribution is 0.0139. The fourth-order valence-corrected chi connectivity index (χ4v) is 1.44. The molecule has 0 aliphatic heterocycles. The molecule has 0 aromatic heterocycles. The molecule has 1 nitrogen and oxygen atoms in total. The Labute approximate surface area is 86.8 Å². The van der Waals surface area contributed by atoms with Crippen molar-refractivity contribution in [3.63, 3.8) is 0 Å². The van der Waals surface area contributed by atoms with Crippen LogP contribution in [0.15, 0.2) is 24.3 Å². The summed E-state index contributed by atoms with van der Waals surface area (Å²) >= 11 is 0. The first-order valence-electron chi connectivity index (χ1n) is 5.20. The normalized spacial score (nSPS) is 15.6. The van der Waals surface area contributed by atoms with Gasteiger partial charge in [0.05, 0.1) is 5.60 Å². The van der Waals surface area contributed by atoms with Gasteiger partial charge in [0.1, 0.15) is 0 Å². The smallest absolute Gasteiger partial charge is 0.0682 e. The lowest BCUT2D eigenvalue weighted by atomic mass is 9.86. The number of hydrogen-bond acceptors (Lipinski definition) is 1. The SMILES string of the molecule is Cc1cccc(CC(C)(O)C(C)C)c1. The van der Waals surface area contributed by atoms with E-state index < -0.39 is 5.60 Å². The molecule has 0 amide bonds. The first-order valence-corrected chi connectivity index (χ1v) is 5.20. The van der Waals surface area contributed by atoms with Gasteiger partial charge in [-0.15, -0.1) is 0 Å². The average Bonchev–Trinajstić information content (AvgIpc) is 2.02. The van der Waals surface area contributed by atoms with E-state index >= 15 is 0 Å². The van der Waals surface area contributed by atoms with Crippen LogP contribution in [0.1, 0.15) is 31.9 Å². The average molecular weight is 192 g/mol. The number of aryl methyl sites for hydroxylation is 1. The van der Waals surface area contributed by atoms with E-state index in [4.69, 9.17) is 0 Å². The fourth-order valence-electron chi connectivity index (χ4n) is 1.44. The van der Waals surface area contributed by atoms with Crippen molar-refractivity contribution in [3.8, 4) is 0 Å². The Kier molecular flexibility index (Phi) is 3.33. The van der Waals surface area contributed by atoms with Crippen molar-refractivity contribution in [2.24, 2.45) is 5.92 Å². The summed E-state index contributed by atoms with van der Waals surface area (Å²) in [7, 11) is 0. The summed E-state index contributed by atoms with van der Waals surface area (Å²) in [6.07, 6.45) is 0.729. The van der Waals surface area contributed by atoms with Crippen molar-refractivity contribution >= 4 is 0 Å². The van der Waals surface area contributed by atoms with Gasteiger partial charge in [-0.2, -0.15) is 0 Å². The van der Waals surface area contributed by atoms with Gasteiger partial charge >= 0.3 is 0 Å². The van der Waals surface area contributed by atoms with Gasteiger partial charge in [0, 0.05) is 6.42 Å². The lowest BCUT2D eigenvalue weighted by Gasteiger charge is -2.27. The third-order valence-electron chi connectivity index (χ3n) is 2.89. The molecule has 1 unspecified atom stereocenters. The summed E-state index contributed by atoms with van der Waals surface area (Å²) in [4.78, 5) is 0. The molecule has 0 spiro atoms. The minimum atomic E-state index is -0.603. The maximum Gasteiger partial charge on any atom is 0.0682 e. The van der Waals surface area contributed by atoms with Crippen molar-refractivity contribution < 1.29 is 5.11 Å². The topological polar surface area (TPSA) is 20.2 Å². The summed E-state index contributed by atoms with van der Waals surface area (Å²) < 4.78 is 0. The quantitative estimate of drug-likeness (QED) is 0.780. The van der Waals surface area contributed by atoms with Crippen molar-refractivity contribution in [2.45, 2.75) is 39.7 Å². The molecule has 0 fully saturated rings. The van der Waals surface area contributed by atoms with Gasteiger partial charge in [0.15, 0.2) is 0 Å². The third kappa shape index (κ3) is 2.85. The van der Waals surface area contributed by atoms with Gasteiger partial charge in [-0.25, -0.2) is 0 Å². The molecule has 1 atom stereocenters. The van der Waals surface area contributed by atoms with E-state index in [0.717, 1.165) is 6.42 Å². The van der Waals surface area contributed by atoms with Crippen molar-refractivity contribution in [2.75, 3.05) is 0 Å². The number of benzene rings is 1. The van der Waals surface area contributed by atoms with Gasteiger partial charge in [0.2, 0.25) is 0 Å². The summed E-state index contributed by atoms with van der Waals surface area (Å²) in [6, 6.07) is 8.33. The summed E-state index contributed by atoms with van der Waals surface area (Å²) in [6.45, 7) is 8.08. The van der Waals surface area contributed by atoms with Crippen LogP contribution in [0, 0.1) is 12.8 Å². The second-order valence-corrected chi connectivity index (χ2v) is 4.68. The van der Waals surface area contributed by atoms with E-state index in [-0.39, 0.29) is 5.92 Å². The Morgan fingerprint density at radius 1 is 1.36 bits per heavy atom. The van der Waals surface area contributed by atoms with E-state index in [1.54, 1.807) is 0 Å². The van der Waals surface area contributed by atoms with Gasteiger partial charge in [-0.1, -0.05) is 43.7 Å². The van der Waals surface area contributed by atoms with Gasteiger partial charge in [-0.05, 0) is 25.3 Å². The van der Waals surface area contributed by atoms with Crippen LogP contribution >= 0.6 is 0 Å². The van der Waals surface area contributed by atoms with E-state index in [9.17, 15) is 5.11 Å². The molecule has 0 bridgehead atoms. The molecule has 0 aliphatic rings. The highest BCUT2D eigenvalue weighted by Crippen LogP contribution is 2.21. The molecule has 0 saturated carbocycles. The number of aliphatic hydroxyl groups is 1. The minimum absolute atomic E-state index is 0.281. The first-order chi connectivity index (χ1) is 6.42. The summed E-state index contributed by atoms with van der Waals surface area (Å²) in [5.41, 5.74) is 1.86. The Hall–Kier alpha value is -0.820. The Morgan fingerprint density at radius 2 is 2.00 bits per heavy atom. The van der Waals surface area contributed by atoms with Crippen LogP contribution in [0.4, 0.5) is 0 Å². The molecule has 0 aliphatic carbocycles. The highest BCUT2D eigenvalue weighted by Gasteiger charge is 2.24. The van der Waals surface area contributed by atoms with Crippen molar-refractivity contribution in [1.29, 1.82) is 0 Å². The molecule has 1 aromatic carbocycles. The molecule has 1 N–H and O–H groups in total. The molecule has 0 heterocycles. The van der Waals surface area contributed by atoms with Crippen LogP contribution in [-0.4, -0.2) is 10.7 Å². The molecule has 14 heavy (non-hydrogen) atoms. The predicted octanol–water partition coefficient (Wildman–Crippen LogP) is 2.94. The second-order valence-electron chi connectivity index (χ2n) is 4.68. The molecule has 0 radical (unpaired) electrons. The molecule has 1 rings (SSSR count). The van der Waals surface area contributed by atoms with E-state index in [2.05, 4.69) is 39.0 Å². The Bertz CT molecular complexity index is 300. The summed E-state index contributed by atoms with van der Waals surface area (Å²) in [5, 5.41) is 10.1. The number of hydrogen-bond donors (Lipinski definition) is 1. The zero-order chi connectivity index (χ0) is 10.8. The number of rotatable bonds is 3. The first kappa shape index (κ1) is 11.3. The standard InChI is InChI=1S/C13H20O/c1-10(2)13(4,14)9-12-7-5-6-11(3)8-12/h5-8,10,14H,9H2,1-4H3. The largest absolute Gasteiger partial charge is 0.390 e. The molecule has 1 aromatic rings. The maximum absolute atomic E-state index is 10.1. The Balaban J connectivity index is 2.78. The molecular weight excluding hydrogens is 172 g/mol. The lowest BCUT2D eigenvalue weighted by Crippen LogP contribution is -2.33. The van der Waals surface area contributed by atoms with Gasteiger partial charge in [0.25, 0.3) is 0 Å². The fraction of sp³-hybridized carbons (Fsp3) is 0.538. The van der Waals surface area contributed by atoms with E-state index in [1.165, 1.54) is 11.1 Å². The van der Waals surface area contributed by atoms with Crippen LogP contribution in [0.3, 0.4) is 0 Å². The van der Waals surface area contributed by atoms with Crippen LogP contribution in [-0.2, 0) is 6.42 Å². The van der Waals surface area contributed by atoms with Gasteiger partial charge in [-0.3, -0.25) is 0 Å². The molecule has 0 saturated heterocycles. The summed E-state index contributed by atoms with van der Waals surface area (Å²) in [5.74, 6) is 0.281. The van der Waals surface area contributed by atoms with Gasteiger partial charge < -0.3 is 5.11 Å². The molecule has 78 valence electrons. The maximum atomic E-state index is 10.1. The van der Waals surface area contributed by atoms with Crippen LogP contribution < -0.4 is 0 Å². The molecular formula is C13H20O. The van der Waals surface area contributed by atoms with E-state index in [1.807, 2.05) is 13.0 Å². The minimum Gasteiger partial charge on any atom is -0.390 e. The third-order valence-corrected chi connectivity index (χ3v) is 2.89. The van der Waals surface area contributed by atoms with Crippen LogP contribution in [0.2, 0.25) is 0 Å². The van der Waals surface area contributed by atoms with Crippen LogP contribution in [0.25, 0.3) is 0 Å². The monoisotopic (exact) mass is 192 g/mol. The van der Waals surface area contributed by atoms with Crippen molar-refractivity contribution in [1.82, 2.24) is 0 Å². The molecule has 1 heteroatoms. The zero-order valence-electron chi connectivity index (χ0n) is 9.54. The highest BCUT2D eigenvalue weighted by molar-refractivity contribution is 5.23. The zero-order valence-corrected chi connectivity index (χ0v) is 9.54. The predicted molar refractivity (Wildman–Crippen MR) is 60.3 cm³/mol. The van der Waals surface area contributed by atoms with Crippen molar-refractivity contribution in [3.05, 3.63) is 35.4 Å². The second kappa shape index (κ2) is 4.14. The Morgan fingerprint density at radius 3 is 2.50 bits per heavy atom.